The number of hydrogen-bond donors (Lipinski definition) is 3. The van der Waals surface area contributed by atoms with Gasteiger partial charge in [-0.25, -0.2) is 9.97 Å². The molecule has 7 rings (SSSR count). The number of aliphatic hydroxyl groups excluding tert-OH is 1. The zero-order valence-corrected chi connectivity index (χ0v) is 37.1. The molecule has 2 saturated heterocycles. The molecule has 2 fully saturated rings. The van der Waals surface area contributed by atoms with E-state index < -0.39 is 35.4 Å². The lowest BCUT2D eigenvalue weighted by molar-refractivity contribution is -0.144. The van der Waals surface area contributed by atoms with E-state index in [-0.39, 0.29) is 44.7 Å². The fourth-order valence-corrected chi connectivity index (χ4v) is 8.74. The molecular formula is C45H59N9O7S. The molecule has 4 atom stereocenters. The van der Waals surface area contributed by atoms with E-state index in [0.717, 1.165) is 71.3 Å². The standard InChI is InChI=1S/C45H59N9O7S/c1-30(32-10-12-33(13-11-32)40-31(2)46-29-62-40)47-42(57)37-26-34(55)27-54(37)43(58)41(45(3,4)5)50-39(56)28-61-25-24-60-23-22-59-21-20-51-16-18-52(19-17-51)38-14-15-53-36-9-7-6-8-35(36)48-44(53)49-38/h6-15,29-30,34,37,41,55H,16-28H2,1-5H3,(H,47,57)(H,50,56)/t30-,34+,37-,41+/m0/s1. The van der Waals surface area contributed by atoms with Crippen molar-refractivity contribution in [2.75, 3.05) is 83.8 Å². The van der Waals surface area contributed by atoms with Crippen LogP contribution < -0.4 is 15.5 Å². The van der Waals surface area contributed by atoms with Gasteiger partial charge in [-0.1, -0.05) is 57.2 Å². The Morgan fingerprint density at radius 2 is 1.61 bits per heavy atom. The first-order valence-electron chi connectivity index (χ1n) is 21.4. The lowest BCUT2D eigenvalue weighted by Crippen LogP contribution is -2.58. The number of aliphatic hydroxyl groups is 1. The molecule has 3 amide bonds. The van der Waals surface area contributed by atoms with Crippen LogP contribution in [0.2, 0.25) is 0 Å². The number of piperazine rings is 1. The van der Waals surface area contributed by atoms with E-state index in [1.54, 1.807) is 11.3 Å². The number of β-amino-alcohol motifs (C(OH)–C–C–N with tert-alkyl or cyclic N) is 1. The summed E-state index contributed by atoms with van der Waals surface area (Å²) < 4.78 is 19.0. The average molecular weight is 870 g/mol. The van der Waals surface area contributed by atoms with Gasteiger partial charge in [0, 0.05) is 51.9 Å². The zero-order valence-electron chi connectivity index (χ0n) is 36.3. The molecule has 0 radical (unpaired) electrons. The van der Waals surface area contributed by atoms with Crippen LogP contribution in [-0.2, 0) is 28.6 Å². The number of anilines is 1. The predicted molar refractivity (Wildman–Crippen MR) is 238 cm³/mol. The highest BCUT2D eigenvalue weighted by molar-refractivity contribution is 7.13. The number of para-hydroxylation sites is 2. The first-order valence-corrected chi connectivity index (χ1v) is 22.3. The van der Waals surface area contributed by atoms with E-state index in [0.29, 0.717) is 25.6 Å². The van der Waals surface area contributed by atoms with Crippen LogP contribution >= 0.6 is 11.3 Å². The maximum atomic E-state index is 14.0. The smallest absolute Gasteiger partial charge is 0.246 e. The number of rotatable bonds is 18. The number of carbonyl (C=O) groups excluding carboxylic acids is 3. The maximum Gasteiger partial charge on any atom is 0.246 e. The highest BCUT2D eigenvalue weighted by Gasteiger charge is 2.44. The number of likely N-dealkylation sites (tertiary alicyclic amines) is 1. The third-order valence-corrected chi connectivity index (χ3v) is 12.4. The lowest BCUT2D eigenvalue weighted by Gasteiger charge is -2.35. The molecule has 2 aliphatic heterocycles. The van der Waals surface area contributed by atoms with Crippen LogP contribution in [0.4, 0.5) is 5.82 Å². The molecule has 0 unspecified atom stereocenters. The number of thiazole rings is 1. The molecule has 3 N–H and O–H groups in total. The summed E-state index contributed by atoms with van der Waals surface area (Å²) in [6.45, 7) is 15.5. The number of imidazole rings is 1. The normalized spacial score (nSPS) is 18.4. The second kappa shape index (κ2) is 20.4. The summed E-state index contributed by atoms with van der Waals surface area (Å²) in [5.74, 6) is 0.400. The highest BCUT2D eigenvalue weighted by atomic mass is 32.1. The van der Waals surface area contributed by atoms with Gasteiger partial charge in [-0.05, 0) is 48.6 Å². The van der Waals surface area contributed by atoms with Crippen LogP contribution in [0.3, 0.4) is 0 Å². The molecule has 5 heterocycles. The number of ether oxygens (including phenoxy) is 3. The fourth-order valence-electron chi connectivity index (χ4n) is 7.93. The van der Waals surface area contributed by atoms with Crippen molar-refractivity contribution in [3.63, 3.8) is 0 Å². The predicted octanol–water partition coefficient (Wildman–Crippen LogP) is 3.86. The minimum atomic E-state index is -0.951. The van der Waals surface area contributed by atoms with E-state index >= 15 is 0 Å². The van der Waals surface area contributed by atoms with Crippen molar-refractivity contribution < 1.29 is 33.7 Å². The van der Waals surface area contributed by atoms with Crippen LogP contribution in [0, 0.1) is 12.3 Å². The van der Waals surface area contributed by atoms with Crippen LogP contribution in [0.25, 0.3) is 27.3 Å². The summed E-state index contributed by atoms with van der Waals surface area (Å²) in [6, 6.07) is 15.9. The van der Waals surface area contributed by atoms with Crippen molar-refractivity contribution in [2.24, 2.45) is 5.41 Å². The number of nitrogens with zero attached hydrogens (tertiary/aromatic N) is 7. The van der Waals surface area contributed by atoms with Gasteiger partial charge in [0.2, 0.25) is 23.5 Å². The van der Waals surface area contributed by atoms with Gasteiger partial charge in [0.25, 0.3) is 0 Å². The Morgan fingerprint density at radius 3 is 2.32 bits per heavy atom. The monoisotopic (exact) mass is 869 g/mol. The fraction of sp³-hybridized carbons (Fsp3) is 0.511. The van der Waals surface area contributed by atoms with Crippen LogP contribution in [-0.4, -0.2) is 149 Å². The molecule has 0 aliphatic carbocycles. The summed E-state index contributed by atoms with van der Waals surface area (Å²) in [4.78, 5) is 61.6. The van der Waals surface area contributed by atoms with Gasteiger partial charge >= 0.3 is 0 Å². The van der Waals surface area contributed by atoms with Crippen molar-refractivity contribution >= 4 is 51.7 Å². The van der Waals surface area contributed by atoms with Crippen molar-refractivity contribution in [3.05, 3.63) is 77.6 Å². The molecule has 332 valence electrons. The average Bonchev–Trinajstić information content (AvgIpc) is 3.99. The third kappa shape index (κ3) is 11.1. The summed E-state index contributed by atoms with van der Waals surface area (Å²) in [6.07, 6.45) is 1.28. The van der Waals surface area contributed by atoms with Gasteiger partial charge in [-0.2, -0.15) is 4.98 Å². The minimum absolute atomic E-state index is 0.00747. The number of amides is 3. The van der Waals surface area contributed by atoms with E-state index in [1.807, 2.05) is 93.2 Å². The number of aryl methyl sites for hydroxylation is 1. The van der Waals surface area contributed by atoms with E-state index in [2.05, 4.69) is 42.5 Å². The first kappa shape index (κ1) is 45.0. The van der Waals surface area contributed by atoms with Crippen LogP contribution in [0.1, 0.15) is 51.4 Å². The van der Waals surface area contributed by atoms with Gasteiger partial charge in [0.05, 0.1) is 72.3 Å². The Balaban J connectivity index is 0.765. The minimum Gasteiger partial charge on any atom is -0.391 e. The van der Waals surface area contributed by atoms with Crippen molar-refractivity contribution in [2.45, 2.75) is 65.3 Å². The Labute approximate surface area is 366 Å². The molecule has 0 spiro atoms. The summed E-state index contributed by atoms with van der Waals surface area (Å²) in [7, 11) is 0. The van der Waals surface area contributed by atoms with Gasteiger partial charge in [-0.15, -0.1) is 11.3 Å². The Kier molecular flexibility index (Phi) is 14.8. The Hall–Kier alpha value is -5.04. The number of benzene rings is 2. The molecule has 62 heavy (non-hydrogen) atoms. The Bertz CT molecular complexity index is 2290. The molecule has 0 bridgehead atoms. The first-order chi connectivity index (χ1) is 29.9. The van der Waals surface area contributed by atoms with Gasteiger partial charge in [0.15, 0.2) is 0 Å². The lowest BCUT2D eigenvalue weighted by atomic mass is 9.85. The molecule has 2 aromatic carbocycles. The van der Waals surface area contributed by atoms with Gasteiger partial charge in [0.1, 0.15) is 24.5 Å². The topological polar surface area (TPSA) is 176 Å². The van der Waals surface area contributed by atoms with Crippen molar-refractivity contribution in [1.29, 1.82) is 0 Å². The largest absolute Gasteiger partial charge is 0.391 e. The number of aromatic nitrogens is 4. The zero-order chi connectivity index (χ0) is 43.8. The molecule has 3 aromatic heterocycles. The molecule has 16 nitrogen and oxygen atoms in total. The number of carbonyl (C=O) groups is 3. The van der Waals surface area contributed by atoms with Gasteiger partial charge in [-0.3, -0.25) is 23.7 Å². The summed E-state index contributed by atoms with van der Waals surface area (Å²) in [5, 5.41) is 16.4. The molecule has 0 saturated carbocycles. The molecule has 5 aromatic rings. The van der Waals surface area contributed by atoms with Crippen LogP contribution in [0.5, 0.6) is 0 Å². The third-order valence-electron chi connectivity index (χ3n) is 11.4. The van der Waals surface area contributed by atoms with E-state index in [1.165, 1.54) is 4.90 Å². The highest BCUT2D eigenvalue weighted by Crippen LogP contribution is 2.30. The number of fused-ring (bicyclic) bond motifs is 3. The summed E-state index contributed by atoms with van der Waals surface area (Å²) in [5.41, 5.74) is 6.06. The Morgan fingerprint density at radius 1 is 0.903 bits per heavy atom. The summed E-state index contributed by atoms with van der Waals surface area (Å²) >= 11 is 1.58. The second-order valence-corrected chi connectivity index (χ2v) is 17.9. The van der Waals surface area contributed by atoms with Gasteiger partial charge < -0.3 is 39.8 Å². The molecule has 17 heteroatoms. The second-order valence-electron chi connectivity index (χ2n) is 17.0. The van der Waals surface area contributed by atoms with Crippen LogP contribution in [0.15, 0.2) is 66.3 Å². The van der Waals surface area contributed by atoms with E-state index in [9.17, 15) is 19.5 Å². The number of hydrogen-bond acceptors (Lipinski definition) is 13. The molecule has 2 aliphatic rings. The quantitative estimate of drug-likeness (QED) is 0.109. The molecular weight excluding hydrogens is 811 g/mol. The van der Waals surface area contributed by atoms with Crippen molar-refractivity contribution in [3.8, 4) is 10.4 Å². The maximum absolute atomic E-state index is 14.0. The SMILES string of the molecule is Cc1ncsc1-c1ccc([C@H](C)NC(=O)[C@@H]2C[C@@H](O)CN2C(=O)[C@@H](NC(=O)COCCOCCOCCN2CCN(c3ccn4c(n3)nc3ccccc34)CC2)C(C)(C)C)cc1. The van der Waals surface area contributed by atoms with Crippen molar-refractivity contribution in [1.82, 2.24) is 39.8 Å². The van der Waals surface area contributed by atoms with E-state index in [4.69, 9.17) is 19.2 Å². The number of nitrogens with one attached hydrogen (secondary N) is 2.